The normalized spacial score (nSPS) is 11.3. The van der Waals surface area contributed by atoms with Gasteiger partial charge < -0.3 is 15.3 Å². The third-order valence-corrected chi connectivity index (χ3v) is 8.84. The Kier molecular flexibility index (Phi) is 7.52. The van der Waals surface area contributed by atoms with Crippen molar-refractivity contribution in [2.45, 2.75) is 45.7 Å². The molecule has 0 fully saturated rings. The van der Waals surface area contributed by atoms with E-state index in [4.69, 9.17) is 4.74 Å². The number of ether oxygens (including phenoxy) is 1. The van der Waals surface area contributed by atoms with Crippen molar-refractivity contribution in [2.24, 2.45) is 0 Å². The second kappa shape index (κ2) is 8.04. The largest absolute Gasteiger partial charge is 0.458 e. The van der Waals surface area contributed by atoms with Gasteiger partial charge in [0.05, 0.1) is 6.61 Å². The van der Waals surface area contributed by atoms with E-state index in [-0.39, 0.29) is 23.0 Å². The highest BCUT2D eigenvalue weighted by molar-refractivity contribution is 7.13. The molecule has 0 spiro atoms. The Morgan fingerprint density at radius 2 is 1.95 bits per heavy atom. The number of hydrogen-bond acceptors (Lipinski definition) is 3. The minimum atomic E-state index is -2.50. The summed E-state index contributed by atoms with van der Waals surface area (Å²) < 4.78 is 5.02. The predicted molar refractivity (Wildman–Crippen MR) is 79.4 cm³/mol. The topological polar surface area (TPSA) is 74.7 Å². The summed E-state index contributed by atoms with van der Waals surface area (Å²) in [5.41, 5.74) is 9.68. The van der Waals surface area contributed by atoms with Crippen LogP contribution in [0.1, 0.15) is 34.6 Å². The van der Waals surface area contributed by atoms with Crippen molar-refractivity contribution >= 4 is 19.5 Å². The van der Waals surface area contributed by atoms with E-state index in [1.165, 1.54) is 0 Å². The minimum absolute atomic E-state index is 0.154. The van der Waals surface area contributed by atoms with E-state index in [2.05, 4.69) is 16.4 Å². The molecule has 0 aliphatic carbocycles. The zero-order valence-corrected chi connectivity index (χ0v) is 13.6. The van der Waals surface area contributed by atoms with Crippen LogP contribution in [0.5, 0.6) is 0 Å². The molecule has 0 bridgehead atoms. The quantitative estimate of drug-likeness (QED) is 0.185. The molecule has 0 saturated carbocycles. The van der Waals surface area contributed by atoms with Crippen LogP contribution < -0.4 is 4.98 Å². The SMILES string of the molecule is C=CCN[Si](C(=[N+]=[N-])C(=O)OCC)(C(C)C)C(C)C. The van der Waals surface area contributed by atoms with Crippen molar-refractivity contribution < 1.29 is 14.3 Å². The zero-order valence-electron chi connectivity index (χ0n) is 12.6. The molecule has 0 aromatic rings. The maximum atomic E-state index is 12.0. The molecule has 0 unspecified atom stereocenters. The molecule has 6 heteroatoms. The fourth-order valence-electron chi connectivity index (χ4n) is 2.44. The highest BCUT2D eigenvalue weighted by atomic mass is 28.3. The maximum absolute atomic E-state index is 12.0. The lowest BCUT2D eigenvalue weighted by atomic mass is 10.5. The first-order valence-electron chi connectivity index (χ1n) is 6.63. The number of nitrogens with zero attached hydrogens (tertiary/aromatic N) is 2. The van der Waals surface area contributed by atoms with E-state index >= 15 is 0 Å². The highest BCUT2D eigenvalue weighted by Crippen LogP contribution is 2.31. The summed E-state index contributed by atoms with van der Waals surface area (Å²) in [4.78, 5) is 18.7. The van der Waals surface area contributed by atoms with Crippen molar-refractivity contribution in [3.63, 3.8) is 0 Å². The number of rotatable bonds is 8. The predicted octanol–water partition coefficient (Wildman–Crippen LogP) is 2.30. The summed E-state index contributed by atoms with van der Waals surface area (Å²) >= 11 is 0. The van der Waals surface area contributed by atoms with Crippen molar-refractivity contribution in [1.29, 1.82) is 0 Å². The second-order valence-electron chi connectivity index (χ2n) is 5.02. The Morgan fingerprint density at radius 3 is 2.26 bits per heavy atom. The molecule has 1 N–H and O–H groups in total. The molecule has 0 aliphatic heterocycles. The van der Waals surface area contributed by atoms with Crippen molar-refractivity contribution in [3.8, 4) is 0 Å². The summed E-state index contributed by atoms with van der Waals surface area (Å²) in [7, 11) is -2.50. The van der Waals surface area contributed by atoms with Gasteiger partial charge in [-0.25, -0.2) is 4.79 Å². The van der Waals surface area contributed by atoms with E-state index in [0.29, 0.717) is 6.54 Å². The monoisotopic (exact) mass is 283 g/mol. The zero-order chi connectivity index (χ0) is 15.1. The van der Waals surface area contributed by atoms with Gasteiger partial charge in [0.1, 0.15) is 0 Å². The van der Waals surface area contributed by atoms with Gasteiger partial charge in [-0.2, -0.15) is 4.79 Å². The molecular formula is C13H25N3O2Si. The van der Waals surface area contributed by atoms with Crippen molar-refractivity contribution in [1.82, 2.24) is 4.98 Å². The lowest BCUT2D eigenvalue weighted by molar-refractivity contribution is -0.139. The Hall–Kier alpha value is -1.23. The molecule has 0 aromatic carbocycles. The lowest BCUT2D eigenvalue weighted by Crippen LogP contribution is -2.65. The Balaban J connectivity index is 5.71. The number of nitrogens with one attached hydrogen (secondary N) is 1. The molecule has 0 atom stereocenters. The van der Waals surface area contributed by atoms with Gasteiger partial charge in [0.25, 0.3) is 8.24 Å². The Bertz CT molecular complexity index is 366. The first-order valence-corrected chi connectivity index (χ1v) is 8.79. The van der Waals surface area contributed by atoms with Crippen LogP contribution >= 0.6 is 0 Å². The number of carbonyl (C=O) groups excluding carboxylic acids is 1. The average Bonchev–Trinajstić information content (AvgIpc) is 2.33. The van der Waals surface area contributed by atoms with Crippen LogP contribution in [0.3, 0.4) is 0 Å². The fraction of sp³-hybridized carbons (Fsp3) is 0.692. The van der Waals surface area contributed by atoms with Crippen LogP contribution in [-0.2, 0) is 9.53 Å². The number of hydrogen-bond donors (Lipinski definition) is 1. The maximum Gasteiger partial charge on any atom is 0.411 e. The molecule has 19 heavy (non-hydrogen) atoms. The first kappa shape index (κ1) is 17.8. The summed E-state index contributed by atoms with van der Waals surface area (Å²) in [6.07, 6.45) is 1.74. The van der Waals surface area contributed by atoms with Gasteiger partial charge in [-0.1, -0.05) is 33.8 Å². The van der Waals surface area contributed by atoms with Crippen LogP contribution in [0.25, 0.3) is 5.53 Å². The fourth-order valence-corrected chi connectivity index (χ4v) is 6.91. The van der Waals surface area contributed by atoms with Crippen molar-refractivity contribution in [2.75, 3.05) is 13.2 Å². The first-order chi connectivity index (χ1) is 8.88. The van der Waals surface area contributed by atoms with Crippen LogP contribution in [0.2, 0.25) is 11.1 Å². The summed E-state index contributed by atoms with van der Waals surface area (Å²) in [6.45, 7) is 14.4. The van der Waals surface area contributed by atoms with E-state index < -0.39 is 14.2 Å². The second-order valence-corrected chi connectivity index (χ2v) is 9.89. The summed E-state index contributed by atoms with van der Waals surface area (Å²) in [5, 5.41) is 0.154. The van der Waals surface area contributed by atoms with Gasteiger partial charge in [-0.15, -0.1) is 6.58 Å². The third kappa shape index (κ3) is 3.86. The standard InChI is InChI=1S/C13H25N3O2Si/c1-7-9-15-19(10(3)4,11(5)6)12(16-14)13(17)18-8-2/h7,10-11,15H,1,8-9H2,2-6H3. The van der Waals surface area contributed by atoms with Gasteiger partial charge >= 0.3 is 11.3 Å². The molecular weight excluding hydrogens is 258 g/mol. The lowest BCUT2D eigenvalue weighted by Gasteiger charge is -2.33. The molecule has 0 aliphatic rings. The molecule has 0 heterocycles. The highest BCUT2D eigenvalue weighted by Gasteiger charge is 2.55. The minimum Gasteiger partial charge on any atom is -0.458 e. The van der Waals surface area contributed by atoms with Crippen molar-refractivity contribution in [3.05, 3.63) is 18.2 Å². The number of esters is 1. The van der Waals surface area contributed by atoms with E-state index in [0.717, 1.165) is 0 Å². The van der Waals surface area contributed by atoms with Crippen LogP contribution in [0.4, 0.5) is 0 Å². The molecule has 0 amide bonds. The third-order valence-electron chi connectivity index (χ3n) is 3.32. The van der Waals surface area contributed by atoms with E-state index in [1.54, 1.807) is 13.0 Å². The van der Waals surface area contributed by atoms with Gasteiger partial charge in [0.2, 0.25) is 0 Å². The molecule has 108 valence electrons. The number of carbonyl (C=O) groups is 1. The van der Waals surface area contributed by atoms with E-state index in [1.807, 2.05) is 27.7 Å². The van der Waals surface area contributed by atoms with Gasteiger partial charge in [-0.3, -0.25) is 0 Å². The van der Waals surface area contributed by atoms with E-state index in [9.17, 15) is 10.3 Å². The molecule has 0 radical (unpaired) electrons. The Labute approximate surface area is 116 Å². The van der Waals surface area contributed by atoms with Crippen LogP contribution in [-0.4, -0.2) is 37.5 Å². The van der Waals surface area contributed by atoms with Gasteiger partial charge in [-0.05, 0) is 18.0 Å². The van der Waals surface area contributed by atoms with Gasteiger partial charge in [0, 0.05) is 6.54 Å². The summed E-state index contributed by atoms with van der Waals surface area (Å²) in [6, 6.07) is 0. The Morgan fingerprint density at radius 1 is 1.42 bits per heavy atom. The van der Waals surface area contributed by atoms with Crippen LogP contribution in [0.15, 0.2) is 12.7 Å². The molecule has 0 rings (SSSR count). The average molecular weight is 283 g/mol. The molecule has 0 aromatic heterocycles. The van der Waals surface area contributed by atoms with Gasteiger partial charge in [0.15, 0.2) is 0 Å². The molecule has 0 saturated heterocycles. The summed E-state index contributed by atoms with van der Waals surface area (Å²) in [5.74, 6) is -0.532. The molecule has 5 nitrogen and oxygen atoms in total. The van der Waals surface area contributed by atoms with Crippen LogP contribution in [0, 0.1) is 0 Å². The smallest absolute Gasteiger partial charge is 0.411 e.